The van der Waals surface area contributed by atoms with Crippen molar-refractivity contribution in [3.8, 4) is 5.75 Å². The first-order valence-corrected chi connectivity index (χ1v) is 5.34. The monoisotopic (exact) mass is 223 g/mol. The van der Waals surface area contributed by atoms with Crippen LogP contribution in [0.2, 0.25) is 0 Å². The molecule has 0 fully saturated rings. The Kier molecular flexibility index (Phi) is 4.64. The lowest BCUT2D eigenvalue weighted by Gasteiger charge is -2.10. The molecule has 0 aliphatic heterocycles. The van der Waals surface area contributed by atoms with Crippen LogP contribution in [0.4, 0.5) is 5.69 Å². The molecule has 0 aliphatic rings. The molecule has 2 N–H and O–H groups in total. The Morgan fingerprint density at radius 3 is 2.81 bits per heavy atom. The molecule has 0 aromatic heterocycles. The molecule has 1 rings (SSSR count). The minimum Gasteiger partial charge on any atom is -0.497 e. The van der Waals surface area contributed by atoms with Gasteiger partial charge in [-0.25, -0.2) is 4.79 Å². The number of benzene rings is 1. The summed E-state index contributed by atoms with van der Waals surface area (Å²) in [7, 11) is 1.56. The van der Waals surface area contributed by atoms with Crippen molar-refractivity contribution in [1.29, 1.82) is 0 Å². The molecule has 4 heteroatoms. The molecule has 16 heavy (non-hydrogen) atoms. The Morgan fingerprint density at radius 1 is 1.50 bits per heavy atom. The number of methoxy groups -OCH3 is 1. The third-order valence-corrected chi connectivity index (χ3v) is 2.30. The fourth-order valence-electron chi connectivity index (χ4n) is 1.38. The number of aromatic carboxylic acids is 1. The topological polar surface area (TPSA) is 58.6 Å². The van der Waals surface area contributed by atoms with Crippen molar-refractivity contribution in [2.45, 2.75) is 19.8 Å². The number of ether oxygens (including phenoxy) is 1. The van der Waals surface area contributed by atoms with E-state index in [0.717, 1.165) is 19.4 Å². The Hall–Kier alpha value is -1.71. The number of unbranched alkanes of at least 4 members (excludes halogenated alkanes) is 1. The molecule has 0 radical (unpaired) electrons. The average Bonchev–Trinajstić information content (AvgIpc) is 2.29. The van der Waals surface area contributed by atoms with Gasteiger partial charge in [-0.1, -0.05) is 13.3 Å². The van der Waals surface area contributed by atoms with Crippen molar-refractivity contribution in [1.82, 2.24) is 0 Å². The van der Waals surface area contributed by atoms with Crippen molar-refractivity contribution < 1.29 is 14.6 Å². The van der Waals surface area contributed by atoms with Crippen LogP contribution >= 0.6 is 0 Å². The first-order chi connectivity index (χ1) is 7.69. The molecule has 0 spiro atoms. The molecular formula is C12H17NO3. The summed E-state index contributed by atoms with van der Waals surface area (Å²) in [5.74, 6) is -0.273. The summed E-state index contributed by atoms with van der Waals surface area (Å²) < 4.78 is 5.06. The standard InChI is InChI=1S/C12H17NO3/c1-3-4-7-13-11-8-9(16-2)5-6-10(11)12(14)15/h5-6,8,13H,3-4,7H2,1-2H3,(H,14,15). The van der Waals surface area contributed by atoms with Crippen molar-refractivity contribution in [3.05, 3.63) is 23.8 Å². The molecule has 1 aromatic carbocycles. The van der Waals surface area contributed by atoms with Crippen molar-refractivity contribution in [2.75, 3.05) is 19.0 Å². The normalized spacial score (nSPS) is 9.88. The second kappa shape index (κ2) is 6.00. The average molecular weight is 223 g/mol. The van der Waals surface area contributed by atoms with E-state index in [2.05, 4.69) is 12.2 Å². The molecule has 0 bridgehead atoms. The molecule has 0 aliphatic carbocycles. The van der Waals surface area contributed by atoms with Gasteiger partial charge in [-0.2, -0.15) is 0 Å². The van der Waals surface area contributed by atoms with Crippen LogP contribution in [-0.4, -0.2) is 24.7 Å². The van der Waals surface area contributed by atoms with Crippen LogP contribution in [-0.2, 0) is 0 Å². The zero-order valence-electron chi connectivity index (χ0n) is 9.62. The van der Waals surface area contributed by atoms with Gasteiger partial charge in [-0.3, -0.25) is 0 Å². The second-order valence-electron chi connectivity index (χ2n) is 3.50. The minimum atomic E-state index is -0.929. The van der Waals surface area contributed by atoms with E-state index in [4.69, 9.17) is 9.84 Å². The van der Waals surface area contributed by atoms with Crippen LogP contribution < -0.4 is 10.1 Å². The maximum atomic E-state index is 11.0. The summed E-state index contributed by atoms with van der Waals surface area (Å²) in [6, 6.07) is 4.91. The third kappa shape index (κ3) is 3.15. The molecule has 0 saturated heterocycles. The van der Waals surface area contributed by atoms with Gasteiger partial charge >= 0.3 is 5.97 Å². The number of rotatable bonds is 6. The molecule has 0 amide bonds. The number of carboxylic acids is 1. The predicted molar refractivity (Wildman–Crippen MR) is 63.4 cm³/mol. The largest absolute Gasteiger partial charge is 0.497 e. The van der Waals surface area contributed by atoms with Gasteiger partial charge in [0.25, 0.3) is 0 Å². The predicted octanol–water partition coefficient (Wildman–Crippen LogP) is 2.61. The number of carbonyl (C=O) groups is 1. The van der Waals surface area contributed by atoms with E-state index in [9.17, 15) is 4.79 Å². The highest BCUT2D eigenvalue weighted by Crippen LogP contribution is 2.22. The van der Waals surface area contributed by atoms with E-state index in [-0.39, 0.29) is 5.56 Å². The molecule has 0 atom stereocenters. The third-order valence-electron chi connectivity index (χ3n) is 2.30. The SMILES string of the molecule is CCCCNc1cc(OC)ccc1C(=O)O. The van der Waals surface area contributed by atoms with E-state index >= 15 is 0 Å². The number of anilines is 1. The lowest BCUT2D eigenvalue weighted by atomic mass is 10.1. The fraction of sp³-hybridized carbons (Fsp3) is 0.417. The first-order valence-electron chi connectivity index (χ1n) is 5.34. The fourth-order valence-corrected chi connectivity index (χ4v) is 1.38. The molecule has 0 saturated carbocycles. The van der Waals surface area contributed by atoms with E-state index < -0.39 is 5.97 Å². The van der Waals surface area contributed by atoms with Crippen molar-refractivity contribution >= 4 is 11.7 Å². The molecule has 0 heterocycles. The van der Waals surface area contributed by atoms with E-state index in [1.54, 1.807) is 25.3 Å². The highest BCUT2D eigenvalue weighted by molar-refractivity contribution is 5.94. The number of hydrogen-bond donors (Lipinski definition) is 2. The molecule has 0 unspecified atom stereocenters. The van der Waals surface area contributed by atoms with Gasteiger partial charge in [-0.15, -0.1) is 0 Å². The molecule has 1 aromatic rings. The Balaban J connectivity index is 2.87. The number of carboxylic acid groups (broad SMARTS) is 1. The molecule has 88 valence electrons. The van der Waals surface area contributed by atoms with Gasteiger partial charge < -0.3 is 15.2 Å². The summed E-state index contributed by atoms with van der Waals surface area (Å²) in [5.41, 5.74) is 0.886. The zero-order chi connectivity index (χ0) is 12.0. The smallest absolute Gasteiger partial charge is 0.337 e. The van der Waals surface area contributed by atoms with E-state index in [1.165, 1.54) is 0 Å². The van der Waals surface area contributed by atoms with Crippen LogP contribution in [0.3, 0.4) is 0 Å². The van der Waals surface area contributed by atoms with Crippen LogP contribution in [0, 0.1) is 0 Å². The van der Waals surface area contributed by atoms with Gasteiger partial charge in [0.15, 0.2) is 0 Å². The lowest BCUT2D eigenvalue weighted by Crippen LogP contribution is -2.07. The summed E-state index contributed by atoms with van der Waals surface area (Å²) in [6.07, 6.45) is 2.08. The summed E-state index contributed by atoms with van der Waals surface area (Å²) in [5, 5.41) is 12.1. The molecule has 4 nitrogen and oxygen atoms in total. The quantitative estimate of drug-likeness (QED) is 0.728. The van der Waals surface area contributed by atoms with Gasteiger partial charge in [0.2, 0.25) is 0 Å². The number of nitrogens with one attached hydrogen (secondary N) is 1. The summed E-state index contributed by atoms with van der Waals surface area (Å²) in [6.45, 7) is 2.86. The lowest BCUT2D eigenvalue weighted by molar-refractivity contribution is 0.0698. The highest BCUT2D eigenvalue weighted by Gasteiger charge is 2.10. The summed E-state index contributed by atoms with van der Waals surface area (Å²) in [4.78, 5) is 11.0. The highest BCUT2D eigenvalue weighted by atomic mass is 16.5. The van der Waals surface area contributed by atoms with Gasteiger partial charge in [-0.05, 0) is 18.6 Å². The van der Waals surface area contributed by atoms with E-state index in [0.29, 0.717) is 11.4 Å². The Bertz CT molecular complexity index is 363. The minimum absolute atomic E-state index is 0.275. The van der Waals surface area contributed by atoms with Crippen molar-refractivity contribution in [3.63, 3.8) is 0 Å². The summed E-state index contributed by atoms with van der Waals surface area (Å²) >= 11 is 0. The van der Waals surface area contributed by atoms with Gasteiger partial charge in [0.1, 0.15) is 5.75 Å². The van der Waals surface area contributed by atoms with Crippen LogP contribution in [0.1, 0.15) is 30.1 Å². The second-order valence-corrected chi connectivity index (χ2v) is 3.50. The van der Waals surface area contributed by atoms with Crippen LogP contribution in [0.25, 0.3) is 0 Å². The van der Waals surface area contributed by atoms with Gasteiger partial charge in [0, 0.05) is 12.6 Å². The Morgan fingerprint density at radius 2 is 2.25 bits per heavy atom. The zero-order valence-corrected chi connectivity index (χ0v) is 9.62. The maximum Gasteiger partial charge on any atom is 0.337 e. The van der Waals surface area contributed by atoms with Crippen LogP contribution in [0.15, 0.2) is 18.2 Å². The maximum absolute atomic E-state index is 11.0. The number of hydrogen-bond acceptors (Lipinski definition) is 3. The van der Waals surface area contributed by atoms with Crippen LogP contribution in [0.5, 0.6) is 5.75 Å². The Labute approximate surface area is 95.2 Å². The first kappa shape index (κ1) is 12.4. The van der Waals surface area contributed by atoms with Crippen molar-refractivity contribution in [2.24, 2.45) is 0 Å². The van der Waals surface area contributed by atoms with Gasteiger partial charge in [0.05, 0.1) is 18.4 Å². The molecular weight excluding hydrogens is 206 g/mol. The van der Waals surface area contributed by atoms with E-state index in [1.807, 2.05) is 0 Å².